The average Bonchev–Trinajstić information content (AvgIpc) is 2.83. The van der Waals surface area contributed by atoms with Gasteiger partial charge in [0.2, 0.25) is 5.88 Å². The maximum Gasteiger partial charge on any atom is 0.219 e. The number of aromatic nitrogens is 2. The van der Waals surface area contributed by atoms with E-state index in [0.717, 1.165) is 57.4 Å². The maximum absolute atomic E-state index is 6.00. The van der Waals surface area contributed by atoms with Gasteiger partial charge in [-0.25, -0.2) is 4.98 Å². The molecule has 1 N–H and O–H groups in total. The molecule has 0 radical (unpaired) electrons. The third-order valence-corrected chi connectivity index (χ3v) is 5.68. The van der Waals surface area contributed by atoms with Gasteiger partial charge >= 0.3 is 0 Å². The highest BCUT2D eigenvalue weighted by Crippen LogP contribution is 2.19. The lowest BCUT2D eigenvalue weighted by Gasteiger charge is -2.28. The third kappa shape index (κ3) is 6.38. The van der Waals surface area contributed by atoms with E-state index in [1.807, 2.05) is 12.1 Å². The molecule has 0 aliphatic carbocycles. The van der Waals surface area contributed by atoms with E-state index in [0.29, 0.717) is 31.5 Å². The van der Waals surface area contributed by atoms with Crippen LogP contribution in [0.2, 0.25) is 0 Å². The molecule has 2 aromatic rings. The van der Waals surface area contributed by atoms with Crippen molar-refractivity contribution in [2.75, 3.05) is 76.1 Å². The summed E-state index contributed by atoms with van der Waals surface area (Å²) in [4.78, 5) is 13.8. The van der Waals surface area contributed by atoms with Crippen molar-refractivity contribution in [3.8, 4) is 5.88 Å². The molecule has 2 saturated heterocycles. The molecule has 9 nitrogen and oxygen atoms in total. The summed E-state index contributed by atoms with van der Waals surface area (Å²) in [6, 6.07) is 8.05. The molecule has 32 heavy (non-hydrogen) atoms. The second-order valence-electron chi connectivity index (χ2n) is 7.99. The third-order valence-electron chi connectivity index (χ3n) is 5.68. The summed E-state index contributed by atoms with van der Waals surface area (Å²) in [5.74, 6) is 1.89. The number of hydrogen-bond donors (Lipinski definition) is 1. The van der Waals surface area contributed by atoms with Gasteiger partial charge in [0.1, 0.15) is 12.4 Å². The van der Waals surface area contributed by atoms with Crippen molar-refractivity contribution >= 4 is 17.7 Å². The number of nitrogens with one attached hydrogen (secondary N) is 1. The number of nitrogens with zero attached hydrogens (tertiary/aromatic N) is 5. The number of ether oxygens (including phenoxy) is 3. The van der Waals surface area contributed by atoms with Crippen LogP contribution in [0.25, 0.3) is 0 Å². The zero-order valence-corrected chi connectivity index (χ0v) is 18.9. The molecule has 0 atom stereocenters. The van der Waals surface area contributed by atoms with Crippen LogP contribution in [0, 0.1) is 13.8 Å². The second kappa shape index (κ2) is 11.2. The van der Waals surface area contributed by atoms with E-state index in [-0.39, 0.29) is 0 Å². The van der Waals surface area contributed by atoms with Crippen molar-refractivity contribution in [2.45, 2.75) is 13.8 Å². The van der Waals surface area contributed by atoms with Gasteiger partial charge in [-0.3, -0.25) is 10.3 Å². The zero-order chi connectivity index (χ0) is 22.2. The Morgan fingerprint density at radius 3 is 2.50 bits per heavy atom. The molecular formula is C23H32N6O3. The van der Waals surface area contributed by atoms with Gasteiger partial charge in [-0.2, -0.15) is 10.1 Å². The van der Waals surface area contributed by atoms with Crippen molar-refractivity contribution in [3.63, 3.8) is 0 Å². The molecule has 0 amide bonds. The number of hydrogen-bond acceptors (Lipinski definition) is 9. The summed E-state index contributed by atoms with van der Waals surface area (Å²) in [6.07, 6.45) is 1.63. The number of anilines is 2. The standard InChI is InChI=1S/C23H32N6O3/c1-18-3-4-20(15-19(18)2)27-24-17-21-25-22(29-8-12-31-13-9-29)16-23(26-21)32-14-7-28-5-10-30-11-6-28/h3-4,15-17,27H,5-14H2,1-2H3/b24-17+. The topological polar surface area (TPSA) is 84.3 Å². The second-order valence-corrected chi connectivity index (χ2v) is 7.99. The van der Waals surface area contributed by atoms with Crippen LogP contribution in [0.1, 0.15) is 17.0 Å². The quantitative estimate of drug-likeness (QED) is 0.494. The van der Waals surface area contributed by atoms with E-state index >= 15 is 0 Å². The van der Waals surface area contributed by atoms with Crippen LogP contribution in [0.3, 0.4) is 0 Å². The number of aryl methyl sites for hydroxylation is 2. The largest absolute Gasteiger partial charge is 0.476 e. The smallest absolute Gasteiger partial charge is 0.219 e. The molecule has 1 aromatic carbocycles. The normalized spacial score (nSPS) is 17.6. The molecule has 0 spiro atoms. The van der Waals surface area contributed by atoms with Gasteiger partial charge in [-0.05, 0) is 37.1 Å². The number of morpholine rings is 2. The van der Waals surface area contributed by atoms with Crippen molar-refractivity contribution in [1.82, 2.24) is 14.9 Å². The van der Waals surface area contributed by atoms with E-state index in [1.54, 1.807) is 6.21 Å². The summed E-state index contributed by atoms with van der Waals surface area (Å²) in [7, 11) is 0. The maximum atomic E-state index is 6.00. The Balaban J connectivity index is 1.44. The lowest BCUT2D eigenvalue weighted by atomic mass is 10.1. The molecule has 0 saturated carbocycles. The monoisotopic (exact) mass is 440 g/mol. The van der Waals surface area contributed by atoms with E-state index in [4.69, 9.17) is 14.2 Å². The Kier molecular flexibility index (Phi) is 7.87. The average molecular weight is 441 g/mol. The van der Waals surface area contributed by atoms with Crippen LogP contribution < -0.4 is 15.1 Å². The van der Waals surface area contributed by atoms with E-state index in [1.165, 1.54) is 11.1 Å². The lowest BCUT2D eigenvalue weighted by Crippen LogP contribution is -2.38. The fourth-order valence-corrected chi connectivity index (χ4v) is 3.60. The van der Waals surface area contributed by atoms with Crippen LogP contribution in [0.15, 0.2) is 29.4 Å². The van der Waals surface area contributed by atoms with Gasteiger partial charge in [-0.1, -0.05) is 6.07 Å². The first-order valence-electron chi connectivity index (χ1n) is 11.2. The summed E-state index contributed by atoms with van der Waals surface area (Å²) in [6.45, 7) is 12.0. The summed E-state index contributed by atoms with van der Waals surface area (Å²) < 4.78 is 16.9. The molecule has 0 unspecified atom stereocenters. The van der Waals surface area contributed by atoms with Crippen LogP contribution >= 0.6 is 0 Å². The van der Waals surface area contributed by atoms with Crippen LogP contribution in [0.5, 0.6) is 5.88 Å². The number of benzene rings is 1. The highest BCUT2D eigenvalue weighted by Gasteiger charge is 2.16. The van der Waals surface area contributed by atoms with Gasteiger partial charge in [0.25, 0.3) is 0 Å². The molecule has 9 heteroatoms. The predicted octanol–water partition coefficient (Wildman–Crippen LogP) is 2.09. The minimum atomic E-state index is 0.506. The van der Waals surface area contributed by atoms with E-state index < -0.39 is 0 Å². The van der Waals surface area contributed by atoms with Crippen molar-refractivity contribution in [1.29, 1.82) is 0 Å². The number of rotatable bonds is 8. The molecule has 0 bridgehead atoms. The van der Waals surface area contributed by atoms with Gasteiger partial charge in [0, 0.05) is 38.8 Å². The summed E-state index contributed by atoms with van der Waals surface area (Å²) in [5.41, 5.74) is 6.45. The highest BCUT2D eigenvalue weighted by molar-refractivity contribution is 5.76. The number of hydrazone groups is 1. The molecule has 4 rings (SSSR count). The van der Waals surface area contributed by atoms with Crippen LogP contribution in [-0.2, 0) is 9.47 Å². The highest BCUT2D eigenvalue weighted by atomic mass is 16.5. The Morgan fingerprint density at radius 2 is 1.75 bits per heavy atom. The minimum Gasteiger partial charge on any atom is -0.476 e. The molecule has 2 fully saturated rings. The fraction of sp³-hybridized carbons (Fsp3) is 0.522. The molecule has 172 valence electrons. The summed E-state index contributed by atoms with van der Waals surface area (Å²) >= 11 is 0. The Morgan fingerprint density at radius 1 is 1.00 bits per heavy atom. The van der Waals surface area contributed by atoms with Gasteiger partial charge in [0.15, 0.2) is 5.82 Å². The first-order chi connectivity index (χ1) is 15.7. The Hall–Kier alpha value is -2.75. The Labute approximate surface area is 189 Å². The van der Waals surface area contributed by atoms with Crippen molar-refractivity contribution in [2.24, 2.45) is 5.10 Å². The lowest BCUT2D eigenvalue weighted by molar-refractivity contribution is 0.0320. The predicted molar refractivity (Wildman–Crippen MR) is 125 cm³/mol. The first kappa shape index (κ1) is 22.4. The van der Waals surface area contributed by atoms with Gasteiger partial charge in [-0.15, -0.1) is 0 Å². The molecule has 2 aliphatic heterocycles. The van der Waals surface area contributed by atoms with Crippen molar-refractivity contribution < 1.29 is 14.2 Å². The molecule has 2 aliphatic rings. The molecule has 1 aromatic heterocycles. The molecular weight excluding hydrogens is 408 g/mol. The van der Waals surface area contributed by atoms with Crippen LogP contribution in [0.4, 0.5) is 11.5 Å². The SMILES string of the molecule is Cc1ccc(N/N=C/c2nc(OCCN3CCOCC3)cc(N3CCOCC3)n2)cc1C. The van der Waals surface area contributed by atoms with E-state index in [2.05, 4.69) is 56.3 Å². The summed E-state index contributed by atoms with van der Waals surface area (Å²) in [5, 5.41) is 4.34. The first-order valence-corrected chi connectivity index (χ1v) is 11.2. The molecule has 3 heterocycles. The van der Waals surface area contributed by atoms with Gasteiger partial charge < -0.3 is 19.1 Å². The Bertz CT molecular complexity index is 911. The fourth-order valence-electron chi connectivity index (χ4n) is 3.60. The van der Waals surface area contributed by atoms with Gasteiger partial charge in [0.05, 0.1) is 38.3 Å². The minimum absolute atomic E-state index is 0.506. The van der Waals surface area contributed by atoms with E-state index in [9.17, 15) is 0 Å². The van der Waals surface area contributed by atoms with Crippen molar-refractivity contribution in [3.05, 3.63) is 41.2 Å². The zero-order valence-electron chi connectivity index (χ0n) is 18.9. The van der Waals surface area contributed by atoms with Crippen LogP contribution in [-0.4, -0.2) is 86.8 Å².